The summed E-state index contributed by atoms with van der Waals surface area (Å²) in [5.41, 5.74) is 1.00. The molecule has 1 atom stereocenters. The van der Waals surface area contributed by atoms with Gasteiger partial charge < -0.3 is 14.9 Å². The minimum Gasteiger partial charge on any atom is -0.481 e. The summed E-state index contributed by atoms with van der Waals surface area (Å²) in [6.45, 7) is 11.4. The number of anilines is 2. The summed E-state index contributed by atoms with van der Waals surface area (Å²) < 4.78 is 0. The van der Waals surface area contributed by atoms with Gasteiger partial charge in [0, 0.05) is 26.2 Å². The molecule has 0 saturated heterocycles. The fraction of sp³-hybridized carbons (Fsp3) is 0.667. The summed E-state index contributed by atoms with van der Waals surface area (Å²) in [6.07, 6.45) is 5.25. The molecule has 0 saturated carbocycles. The fourth-order valence-corrected chi connectivity index (χ4v) is 2.59. The summed E-state index contributed by atoms with van der Waals surface area (Å²) >= 11 is 0. The van der Waals surface area contributed by atoms with Gasteiger partial charge in [0.1, 0.15) is 5.82 Å². The average molecular weight is 321 g/mol. The zero-order valence-corrected chi connectivity index (χ0v) is 15.0. The van der Waals surface area contributed by atoms with Crippen LogP contribution in [-0.4, -0.2) is 42.2 Å². The SMILES string of the molecule is CCCCCN(CC(C)C(=O)O)c1ccc(N(CC)CC)nc1. The van der Waals surface area contributed by atoms with Crippen LogP contribution in [0.25, 0.3) is 0 Å². The zero-order valence-electron chi connectivity index (χ0n) is 15.0. The fourth-order valence-electron chi connectivity index (χ4n) is 2.59. The van der Waals surface area contributed by atoms with Gasteiger partial charge in [-0.25, -0.2) is 4.98 Å². The van der Waals surface area contributed by atoms with Gasteiger partial charge in [-0.2, -0.15) is 0 Å². The van der Waals surface area contributed by atoms with Crippen molar-refractivity contribution in [3.8, 4) is 0 Å². The quantitative estimate of drug-likeness (QED) is 0.631. The first-order valence-corrected chi connectivity index (χ1v) is 8.72. The van der Waals surface area contributed by atoms with Gasteiger partial charge in [0.05, 0.1) is 17.8 Å². The predicted molar refractivity (Wildman–Crippen MR) is 96.3 cm³/mol. The third-order valence-corrected chi connectivity index (χ3v) is 4.13. The molecule has 0 aliphatic rings. The number of pyridine rings is 1. The van der Waals surface area contributed by atoms with Gasteiger partial charge in [0.15, 0.2) is 0 Å². The molecule has 0 bridgehead atoms. The number of aromatic nitrogens is 1. The molecule has 0 aliphatic carbocycles. The van der Waals surface area contributed by atoms with Crippen LogP contribution >= 0.6 is 0 Å². The zero-order chi connectivity index (χ0) is 17.2. The van der Waals surface area contributed by atoms with E-state index in [9.17, 15) is 9.90 Å². The Hall–Kier alpha value is -1.78. The van der Waals surface area contributed by atoms with E-state index in [1.807, 2.05) is 12.3 Å². The number of hydrogen-bond acceptors (Lipinski definition) is 4. The molecule has 0 fully saturated rings. The maximum absolute atomic E-state index is 11.2. The van der Waals surface area contributed by atoms with Crippen molar-refractivity contribution in [2.45, 2.75) is 47.0 Å². The van der Waals surface area contributed by atoms with Crippen molar-refractivity contribution in [3.63, 3.8) is 0 Å². The molecule has 0 aromatic carbocycles. The summed E-state index contributed by atoms with van der Waals surface area (Å²) in [5.74, 6) is -0.171. The number of carbonyl (C=O) groups is 1. The van der Waals surface area contributed by atoms with Crippen molar-refractivity contribution in [2.75, 3.05) is 36.0 Å². The van der Waals surface area contributed by atoms with E-state index in [0.29, 0.717) is 6.54 Å². The molecule has 1 unspecified atom stereocenters. The van der Waals surface area contributed by atoms with E-state index in [0.717, 1.165) is 50.4 Å². The molecule has 0 amide bonds. The highest BCUT2D eigenvalue weighted by atomic mass is 16.4. The topological polar surface area (TPSA) is 56.7 Å². The second-order valence-corrected chi connectivity index (χ2v) is 5.94. The normalized spacial score (nSPS) is 12.0. The van der Waals surface area contributed by atoms with E-state index in [2.05, 4.69) is 41.6 Å². The first-order chi connectivity index (χ1) is 11.0. The van der Waals surface area contributed by atoms with Gasteiger partial charge in [0.25, 0.3) is 0 Å². The molecular weight excluding hydrogens is 290 g/mol. The Labute approximate surface area is 140 Å². The van der Waals surface area contributed by atoms with Gasteiger partial charge in [-0.1, -0.05) is 26.7 Å². The van der Waals surface area contributed by atoms with E-state index in [4.69, 9.17) is 0 Å². The second-order valence-electron chi connectivity index (χ2n) is 5.94. The van der Waals surface area contributed by atoms with Crippen molar-refractivity contribution in [2.24, 2.45) is 5.92 Å². The lowest BCUT2D eigenvalue weighted by Crippen LogP contribution is -2.33. The molecular formula is C18H31N3O2. The average Bonchev–Trinajstić information content (AvgIpc) is 2.55. The van der Waals surface area contributed by atoms with Gasteiger partial charge >= 0.3 is 5.97 Å². The van der Waals surface area contributed by atoms with Gasteiger partial charge in [-0.05, 0) is 32.4 Å². The highest BCUT2D eigenvalue weighted by Crippen LogP contribution is 2.19. The van der Waals surface area contributed by atoms with Crippen LogP contribution in [-0.2, 0) is 4.79 Å². The van der Waals surface area contributed by atoms with Crippen LogP contribution in [0.2, 0.25) is 0 Å². The number of carboxylic acids is 1. The van der Waals surface area contributed by atoms with Crippen LogP contribution in [0, 0.1) is 5.92 Å². The van der Waals surface area contributed by atoms with E-state index in [1.54, 1.807) is 6.92 Å². The first-order valence-electron chi connectivity index (χ1n) is 8.72. The lowest BCUT2D eigenvalue weighted by molar-refractivity contribution is -0.140. The molecule has 1 rings (SSSR count). The molecule has 5 heteroatoms. The van der Waals surface area contributed by atoms with Crippen molar-refractivity contribution >= 4 is 17.5 Å². The molecule has 130 valence electrons. The summed E-state index contributed by atoms with van der Waals surface area (Å²) in [7, 11) is 0. The number of hydrogen-bond donors (Lipinski definition) is 1. The number of rotatable bonds is 11. The molecule has 5 nitrogen and oxygen atoms in total. The molecule has 0 aliphatic heterocycles. The first kappa shape index (κ1) is 19.3. The van der Waals surface area contributed by atoms with Crippen LogP contribution in [0.5, 0.6) is 0 Å². The van der Waals surface area contributed by atoms with Crippen molar-refractivity contribution in [1.29, 1.82) is 0 Å². The number of aliphatic carboxylic acids is 1. The number of unbranched alkanes of at least 4 members (excludes halogenated alkanes) is 2. The highest BCUT2D eigenvalue weighted by molar-refractivity contribution is 5.70. The van der Waals surface area contributed by atoms with E-state index in [-0.39, 0.29) is 5.92 Å². The lowest BCUT2D eigenvalue weighted by atomic mass is 10.1. The van der Waals surface area contributed by atoms with Crippen LogP contribution < -0.4 is 9.80 Å². The lowest BCUT2D eigenvalue weighted by Gasteiger charge is -2.27. The Morgan fingerprint density at radius 2 is 1.87 bits per heavy atom. The van der Waals surface area contributed by atoms with Gasteiger partial charge in [-0.3, -0.25) is 4.79 Å². The minimum atomic E-state index is -0.752. The molecule has 1 aromatic heterocycles. The largest absolute Gasteiger partial charge is 0.481 e. The summed E-state index contributed by atoms with van der Waals surface area (Å²) in [5, 5.41) is 9.18. The maximum Gasteiger partial charge on any atom is 0.308 e. The predicted octanol–water partition coefficient (Wildman–Crippen LogP) is 3.65. The monoisotopic (exact) mass is 321 g/mol. The Morgan fingerprint density at radius 3 is 2.35 bits per heavy atom. The Morgan fingerprint density at radius 1 is 1.17 bits per heavy atom. The molecule has 1 N–H and O–H groups in total. The molecule has 1 aromatic rings. The molecule has 0 spiro atoms. The highest BCUT2D eigenvalue weighted by Gasteiger charge is 2.17. The maximum atomic E-state index is 11.2. The number of carboxylic acid groups (broad SMARTS) is 1. The third-order valence-electron chi connectivity index (χ3n) is 4.13. The van der Waals surface area contributed by atoms with E-state index < -0.39 is 5.97 Å². The van der Waals surface area contributed by atoms with Crippen molar-refractivity contribution in [1.82, 2.24) is 4.98 Å². The van der Waals surface area contributed by atoms with Crippen LogP contribution in [0.15, 0.2) is 18.3 Å². The van der Waals surface area contributed by atoms with Crippen LogP contribution in [0.3, 0.4) is 0 Å². The van der Waals surface area contributed by atoms with Gasteiger partial charge in [-0.15, -0.1) is 0 Å². The molecule has 23 heavy (non-hydrogen) atoms. The standard InChI is InChI=1S/C18H31N3O2/c1-5-8-9-12-21(14-15(4)18(22)23)16-10-11-17(19-13-16)20(6-2)7-3/h10-11,13,15H,5-9,12,14H2,1-4H3,(H,22,23). The van der Waals surface area contributed by atoms with Gasteiger partial charge in [0.2, 0.25) is 0 Å². The smallest absolute Gasteiger partial charge is 0.308 e. The third kappa shape index (κ3) is 6.08. The van der Waals surface area contributed by atoms with Crippen molar-refractivity contribution < 1.29 is 9.90 Å². The molecule has 0 radical (unpaired) electrons. The minimum absolute atomic E-state index is 0.390. The Balaban J connectivity index is 2.85. The van der Waals surface area contributed by atoms with Crippen LogP contribution in [0.1, 0.15) is 47.0 Å². The van der Waals surface area contributed by atoms with E-state index >= 15 is 0 Å². The second kappa shape index (κ2) is 10.1. The Bertz CT molecular complexity index is 458. The van der Waals surface area contributed by atoms with E-state index in [1.165, 1.54) is 0 Å². The van der Waals surface area contributed by atoms with Crippen molar-refractivity contribution in [3.05, 3.63) is 18.3 Å². The molecule has 1 heterocycles. The van der Waals surface area contributed by atoms with Crippen LogP contribution in [0.4, 0.5) is 11.5 Å². The summed E-state index contributed by atoms with van der Waals surface area (Å²) in [6, 6.07) is 4.09. The summed E-state index contributed by atoms with van der Waals surface area (Å²) in [4.78, 5) is 20.1. The number of nitrogens with zero attached hydrogens (tertiary/aromatic N) is 3. The Kier molecular flexibility index (Phi) is 8.45.